The SMILES string of the molecule is COc1ccc(S(=O)(=O)NC(C)C)cc1NC(=O)CN(c1cccc(Br)c1)S(=O)(=O)c1ccccc1. The van der Waals surface area contributed by atoms with Crippen LogP contribution >= 0.6 is 15.9 Å². The molecule has 0 radical (unpaired) electrons. The number of nitrogens with one attached hydrogen (secondary N) is 2. The van der Waals surface area contributed by atoms with Crippen molar-refractivity contribution in [2.75, 3.05) is 23.3 Å². The number of halogens is 1. The van der Waals surface area contributed by atoms with Gasteiger partial charge in [-0.05, 0) is 62.4 Å². The number of ether oxygens (including phenoxy) is 1. The maximum atomic E-state index is 13.5. The molecule has 3 aromatic rings. The highest BCUT2D eigenvalue weighted by atomic mass is 79.9. The van der Waals surface area contributed by atoms with Crippen LogP contribution in [-0.4, -0.2) is 42.4 Å². The van der Waals surface area contributed by atoms with Crippen molar-refractivity contribution in [2.45, 2.75) is 29.7 Å². The van der Waals surface area contributed by atoms with E-state index in [1.54, 1.807) is 56.3 Å². The fourth-order valence-corrected chi connectivity index (χ4v) is 6.41. The van der Waals surface area contributed by atoms with E-state index in [9.17, 15) is 21.6 Å². The smallest absolute Gasteiger partial charge is 0.264 e. The molecular formula is C24H26BrN3O6S2. The third-order valence-corrected chi connectivity index (χ3v) is 8.80. The van der Waals surface area contributed by atoms with Crippen molar-refractivity contribution in [3.05, 3.63) is 77.3 Å². The summed E-state index contributed by atoms with van der Waals surface area (Å²) in [5.41, 5.74) is 0.355. The molecule has 0 aliphatic heterocycles. The van der Waals surface area contributed by atoms with Gasteiger partial charge in [-0.3, -0.25) is 9.10 Å². The van der Waals surface area contributed by atoms with Gasteiger partial charge in [0, 0.05) is 10.5 Å². The summed E-state index contributed by atoms with van der Waals surface area (Å²) in [7, 11) is -6.57. The van der Waals surface area contributed by atoms with Gasteiger partial charge < -0.3 is 10.1 Å². The number of nitrogens with zero attached hydrogens (tertiary/aromatic N) is 1. The van der Waals surface area contributed by atoms with Crippen LogP contribution in [0.15, 0.2) is 87.1 Å². The van der Waals surface area contributed by atoms with Gasteiger partial charge in [-0.15, -0.1) is 0 Å². The molecule has 2 N–H and O–H groups in total. The highest BCUT2D eigenvalue weighted by Gasteiger charge is 2.28. The molecule has 9 nitrogen and oxygen atoms in total. The van der Waals surface area contributed by atoms with Gasteiger partial charge in [0.25, 0.3) is 10.0 Å². The lowest BCUT2D eigenvalue weighted by Crippen LogP contribution is -2.38. The van der Waals surface area contributed by atoms with Gasteiger partial charge in [-0.2, -0.15) is 0 Å². The second-order valence-electron chi connectivity index (χ2n) is 7.99. The summed E-state index contributed by atoms with van der Waals surface area (Å²) in [5, 5.41) is 2.59. The Bertz CT molecular complexity index is 1450. The lowest BCUT2D eigenvalue weighted by atomic mass is 10.3. The molecule has 0 aliphatic rings. The number of amides is 1. The number of carbonyl (C=O) groups excluding carboxylic acids is 1. The van der Waals surface area contributed by atoms with Gasteiger partial charge in [0.15, 0.2) is 0 Å². The highest BCUT2D eigenvalue weighted by Crippen LogP contribution is 2.29. The van der Waals surface area contributed by atoms with E-state index in [2.05, 4.69) is 26.0 Å². The van der Waals surface area contributed by atoms with Crippen molar-refractivity contribution in [1.29, 1.82) is 0 Å². The van der Waals surface area contributed by atoms with Crippen LogP contribution in [-0.2, 0) is 24.8 Å². The minimum atomic E-state index is -4.10. The van der Waals surface area contributed by atoms with E-state index in [-0.39, 0.29) is 33.0 Å². The Morgan fingerprint density at radius 2 is 1.64 bits per heavy atom. The van der Waals surface area contributed by atoms with Gasteiger partial charge in [0.05, 0.1) is 28.3 Å². The predicted octanol–water partition coefficient (Wildman–Crippen LogP) is 3.98. The van der Waals surface area contributed by atoms with Gasteiger partial charge in [0.1, 0.15) is 12.3 Å². The Labute approximate surface area is 219 Å². The number of hydrogen-bond acceptors (Lipinski definition) is 6. The molecule has 0 unspecified atom stereocenters. The van der Waals surface area contributed by atoms with E-state index in [1.807, 2.05) is 0 Å². The van der Waals surface area contributed by atoms with Gasteiger partial charge >= 0.3 is 0 Å². The predicted molar refractivity (Wildman–Crippen MR) is 142 cm³/mol. The van der Waals surface area contributed by atoms with Crippen LogP contribution in [0.1, 0.15) is 13.8 Å². The summed E-state index contributed by atoms with van der Waals surface area (Å²) < 4.78 is 61.5. The Morgan fingerprint density at radius 3 is 2.25 bits per heavy atom. The molecule has 0 saturated heterocycles. The number of benzene rings is 3. The molecule has 0 heterocycles. The Balaban J connectivity index is 1.97. The van der Waals surface area contributed by atoms with Crippen LogP contribution < -0.4 is 19.1 Å². The third kappa shape index (κ3) is 6.64. The molecule has 0 bridgehead atoms. The normalized spacial score (nSPS) is 11.8. The first-order valence-corrected chi connectivity index (χ1v) is 14.5. The van der Waals surface area contributed by atoms with Crippen molar-refractivity contribution in [3.63, 3.8) is 0 Å². The standard InChI is InChI=1S/C24H26BrN3O6S2/c1-17(2)27-35(30,31)21-12-13-23(34-3)22(15-21)26-24(29)16-28(19-9-7-8-18(25)14-19)36(32,33)20-10-5-4-6-11-20/h4-15,17,27H,16H2,1-3H3,(H,26,29). The van der Waals surface area contributed by atoms with Crippen LogP contribution in [0, 0.1) is 0 Å². The fraction of sp³-hybridized carbons (Fsp3) is 0.208. The Kier molecular flexibility index (Phi) is 8.77. The van der Waals surface area contributed by atoms with Crippen molar-refractivity contribution >= 4 is 53.3 Å². The van der Waals surface area contributed by atoms with Crippen LogP contribution in [0.5, 0.6) is 5.75 Å². The Hall–Kier alpha value is -2.93. The zero-order valence-corrected chi connectivity index (χ0v) is 23.0. The first-order valence-electron chi connectivity index (χ1n) is 10.8. The zero-order valence-electron chi connectivity index (χ0n) is 19.8. The lowest BCUT2D eigenvalue weighted by molar-refractivity contribution is -0.114. The van der Waals surface area contributed by atoms with Crippen molar-refractivity contribution in [1.82, 2.24) is 4.72 Å². The lowest BCUT2D eigenvalue weighted by Gasteiger charge is -2.24. The molecule has 0 aliphatic carbocycles. The quantitative estimate of drug-likeness (QED) is 0.365. The molecule has 0 fully saturated rings. The molecule has 12 heteroatoms. The minimum absolute atomic E-state index is 0.0169. The monoisotopic (exact) mass is 595 g/mol. The molecular weight excluding hydrogens is 570 g/mol. The maximum Gasteiger partial charge on any atom is 0.264 e. The van der Waals surface area contributed by atoms with Crippen LogP contribution in [0.25, 0.3) is 0 Å². The van der Waals surface area contributed by atoms with Crippen molar-refractivity contribution in [3.8, 4) is 5.75 Å². The second-order valence-corrected chi connectivity index (χ2v) is 12.5. The number of sulfonamides is 2. The fourth-order valence-electron chi connectivity index (χ4n) is 3.32. The summed E-state index contributed by atoms with van der Waals surface area (Å²) in [6.45, 7) is 2.80. The summed E-state index contributed by atoms with van der Waals surface area (Å²) in [6, 6.07) is 18.0. The second kappa shape index (κ2) is 11.4. The van der Waals surface area contributed by atoms with Crippen molar-refractivity contribution in [2.24, 2.45) is 0 Å². The van der Waals surface area contributed by atoms with Crippen LogP contribution in [0.2, 0.25) is 0 Å². The third-order valence-electron chi connectivity index (χ3n) is 4.86. The number of anilines is 2. The van der Waals surface area contributed by atoms with E-state index < -0.39 is 32.5 Å². The van der Waals surface area contributed by atoms with Gasteiger partial charge in [-0.25, -0.2) is 21.6 Å². The molecule has 192 valence electrons. The largest absolute Gasteiger partial charge is 0.495 e. The summed E-state index contributed by atoms with van der Waals surface area (Å²) in [5.74, 6) is -0.481. The average Bonchev–Trinajstić information content (AvgIpc) is 2.82. The molecule has 3 rings (SSSR count). The van der Waals surface area contributed by atoms with Gasteiger partial charge in [-0.1, -0.05) is 40.2 Å². The van der Waals surface area contributed by atoms with E-state index in [4.69, 9.17) is 4.74 Å². The molecule has 1 amide bonds. The first-order chi connectivity index (χ1) is 16.9. The van der Waals surface area contributed by atoms with Crippen LogP contribution in [0.4, 0.5) is 11.4 Å². The summed E-state index contributed by atoms with van der Waals surface area (Å²) >= 11 is 3.33. The number of hydrogen-bond donors (Lipinski definition) is 2. The topological polar surface area (TPSA) is 122 Å². The van der Waals surface area contributed by atoms with E-state index in [0.29, 0.717) is 4.47 Å². The maximum absolute atomic E-state index is 13.5. The minimum Gasteiger partial charge on any atom is -0.495 e. The van der Waals surface area contributed by atoms with Crippen LogP contribution in [0.3, 0.4) is 0 Å². The number of rotatable bonds is 10. The van der Waals surface area contributed by atoms with E-state index in [1.165, 1.54) is 37.4 Å². The Morgan fingerprint density at radius 1 is 0.944 bits per heavy atom. The van der Waals surface area contributed by atoms with Gasteiger partial charge in [0.2, 0.25) is 15.9 Å². The van der Waals surface area contributed by atoms with E-state index >= 15 is 0 Å². The molecule has 0 aromatic heterocycles. The molecule has 36 heavy (non-hydrogen) atoms. The van der Waals surface area contributed by atoms with E-state index in [0.717, 1.165) is 4.31 Å². The summed E-state index contributed by atoms with van der Waals surface area (Å²) in [6.07, 6.45) is 0. The van der Waals surface area contributed by atoms with Crippen molar-refractivity contribution < 1.29 is 26.4 Å². The molecule has 0 atom stereocenters. The molecule has 3 aromatic carbocycles. The molecule has 0 saturated carbocycles. The summed E-state index contributed by atoms with van der Waals surface area (Å²) in [4.78, 5) is 13.1. The zero-order chi connectivity index (χ0) is 26.5. The highest BCUT2D eigenvalue weighted by molar-refractivity contribution is 9.10. The number of carbonyl (C=O) groups is 1. The first kappa shape index (κ1) is 27.7. The number of methoxy groups -OCH3 is 1. The average molecular weight is 597 g/mol. The molecule has 0 spiro atoms.